The monoisotopic (exact) mass is 298 g/mol. The Kier molecular flexibility index (Phi) is 2.30. The molecule has 0 aliphatic heterocycles. The summed E-state index contributed by atoms with van der Waals surface area (Å²) in [6.45, 7) is 0. The van der Waals surface area contributed by atoms with Crippen LogP contribution in [-0.2, 0) is 6.42 Å². The lowest BCUT2D eigenvalue weighted by Gasteiger charge is -1.99. The molecule has 2 nitrogen and oxygen atoms in total. The van der Waals surface area contributed by atoms with E-state index in [9.17, 15) is 4.39 Å². The van der Waals surface area contributed by atoms with Crippen molar-refractivity contribution in [1.29, 1.82) is 5.26 Å². The first kappa shape index (κ1) is 9.29. The van der Waals surface area contributed by atoms with Crippen LogP contribution in [0, 0.1) is 23.2 Å². The van der Waals surface area contributed by atoms with Gasteiger partial charge < -0.3 is 0 Å². The molecule has 0 aromatic carbocycles. The summed E-state index contributed by atoms with van der Waals surface area (Å²) in [5, 5.41) is 8.77. The van der Waals surface area contributed by atoms with Crippen molar-refractivity contribution < 1.29 is 4.39 Å². The van der Waals surface area contributed by atoms with Crippen LogP contribution in [0.3, 0.4) is 0 Å². The van der Waals surface area contributed by atoms with Gasteiger partial charge in [0.05, 0.1) is 28.6 Å². The van der Waals surface area contributed by atoms with Gasteiger partial charge in [0.2, 0.25) is 0 Å². The number of nitrogens with zero attached hydrogens (tertiary/aromatic N) is 2. The standard InChI is InChI=1S/C10H4FIN2/c11-9-4-2-1-3-7-5-8(6-13)14(12)10(7)9/h4-5H,3H2. The van der Waals surface area contributed by atoms with Crippen LogP contribution in [0.25, 0.3) is 5.83 Å². The quantitative estimate of drug-likeness (QED) is 0.534. The SMILES string of the molecule is N#Cc1cc2c(n1I)C(F)=CC#CC2. The van der Waals surface area contributed by atoms with Gasteiger partial charge in [0, 0.05) is 12.5 Å². The molecule has 0 unspecified atom stereocenters. The first-order chi connectivity index (χ1) is 6.74. The normalized spacial score (nSPS) is 13.1. The highest BCUT2D eigenvalue weighted by Gasteiger charge is 2.17. The molecule has 0 atom stereocenters. The highest BCUT2D eigenvalue weighted by atomic mass is 127. The van der Waals surface area contributed by atoms with Crippen molar-refractivity contribution in [3.05, 3.63) is 29.1 Å². The molecule has 1 aliphatic carbocycles. The zero-order chi connectivity index (χ0) is 10.1. The van der Waals surface area contributed by atoms with Gasteiger partial charge in [0.1, 0.15) is 11.8 Å². The average molecular weight is 298 g/mol. The maximum Gasteiger partial charge on any atom is 0.156 e. The van der Waals surface area contributed by atoms with E-state index in [1.165, 1.54) is 8.86 Å². The number of hydrogen-bond acceptors (Lipinski definition) is 1. The van der Waals surface area contributed by atoms with E-state index in [0.717, 1.165) is 5.56 Å². The highest BCUT2D eigenvalue weighted by molar-refractivity contribution is 14.1. The van der Waals surface area contributed by atoms with Gasteiger partial charge in [-0.05, 0) is 11.6 Å². The molecule has 4 heteroatoms. The van der Waals surface area contributed by atoms with Gasteiger partial charge in [0.25, 0.3) is 0 Å². The van der Waals surface area contributed by atoms with Crippen LogP contribution in [-0.4, -0.2) is 2.78 Å². The first-order valence-electron chi connectivity index (χ1n) is 3.89. The fraction of sp³-hybridized carbons (Fsp3) is 0.100. The van der Waals surface area contributed by atoms with Gasteiger partial charge >= 0.3 is 0 Å². The lowest BCUT2D eigenvalue weighted by atomic mass is 10.2. The second-order valence-electron chi connectivity index (χ2n) is 2.79. The lowest BCUT2D eigenvalue weighted by molar-refractivity contribution is 0.752. The van der Waals surface area contributed by atoms with Gasteiger partial charge in [0.15, 0.2) is 5.83 Å². The van der Waals surface area contributed by atoms with E-state index < -0.39 is 0 Å². The van der Waals surface area contributed by atoms with Crippen LogP contribution < -0.4 is 0 Å². The summed E-state index contributed by atoms with van der Waals surface area (Å²) in [6.07, 6.45) is 1.73. The van der Waals surface area contributed by atoms with Crippen LogP contribution in [0.1, 0.15) is 17.0 Å². The van der Waals surface area contributed by atoms with E-state index in [2.05, 4.69) is 11.8 Å². The third-order valence-corrected chi connectivity index (χ3v) is 2.95. The molecule has 0 saturated carbocycles. The summed E-state index contributed by atoms with van der Waals surface area (Å²) in [6, 6.07) is 3.68. The first-order valence-corrected chi connectivity index (χ1v) is 4.86. The molecule has 0 amide bonds. The Bertz CT molecular complexity index is 523. The highest BCUT2D eigenvalue weighted by Crippen LogP contribution is 2.28. The van der Waals surface area contributed by atoms with Crippen molar-refractivity contribution in [2.24, 2.45) is 0 Å². The molecule has 0 radical (unpaired) electrons. The van der Waals surface area contributed by atoms with Crippen LogP contribution in [0.4, 0.5) is 4.39 Å². The van der Waals surface area contributed by atoms with E-state index in [4.69, 9.17) is 5.26 Å². The zero-order valence-corrected chi connectivity index (χ0v) is 9.17. The number of halogens is 2. The molecule has 68 valence electrons. The molecule has 0 bridgehead atoms. The fourth-order valence-corrected chi connectivity index (χ4v) is 2.11. The summed E-state index contributed by atoms with van der Waals surface area (Å²) in [5.74, 6) is 5.04. The lowest BCUT2D eigenvalue weighted by Crippen LogP contribution is -1.91. The molecule has 1 aliphatic rings. The van der Waals surface area contributed by atoms with E-state index in [1.54, 1.807) is 6.07 Å². The molecule has 0 saturated heterocycles. The van der Waals surface area contributed by atoms with Crippen molar-refractivity contribution in [3.63, 3.8) is 0 Å². The van der Waals surface area contributed by atoms with Gasteiger partial charge in [-0.15, -0.1) is 0 Å². The maximum atomic E-state index is 13.5. The number of fused-ring (bicyclic) bond motifs is 1. The number of nitriles is 1. The predicted octanol–water partition coefficient (Wildman–Crippen LogP) is 2.43. The van der Waals surface area contributed by atoms with Crippen LogP contribution in [0.5, 0.6) is 0 Å². The van der Waals surface area contributed by atoms with Crippen LogP contribution in [0.2, 0.25) is 0 Å². The van der Waals surface area contributed by atoms with Crippen LogP contribution >= 0.6 is 22.9 Å². The van der Waals surface area contributed by atoms with E-state index >= 15 is 0 Å². The summed E-state index contributed by atoms with van der Waals surface area (Å²) >= 11 is 1.91. The van der Waals surface area contributed by atoms with E-state index in [-0.39, 0.29) is 5.83 Å². The molecule has 0 fully saturated rings. The third-order valence-electron chi connectivity index (χ3n) is 1.94. The van der Waals surface area contributed by atoms with E-state index in [1.807, 2.05) is 28.9 Å². The number of rotatable bonds is 0. The summed E-state index contributed by atoms with van der Waals surface area (Å²) < 4.78 is 15.0. The minimum atomic E-state index is -0.374. The second kappa shape index (κ2) is 3.47. The predicted molar refractivity (Wildman–Crippen MR) is 59.1 cm³/mol. The molecule has 0 N–H and O–H groups in total. The van der Waals surface area contributed by atoms with Crippen molar-refractivity contribution in [3.8, 4) is 17.9 Å². The zero-order valence-electron chi connectivity index (χ0n) is 7.01. The molecule has 2 rings (SSSR count). The minimum Gasteiger partial charge on any atom is -0.270 e. The maximum absolute atomic E-state index is 13.5. The largest absolute Gasteiger partial charge is 0.270 e. The van der Waals surface area contributed by atoms with Crippen molar-refractivity contribution >= 4 is 28.7 Å². The Morgan fingerprint density at radius 1 is 1.64 bits per heavy atom. The Labute approximate surface area is 94.5 Å². The fourth-order valence-electron chi connectivity index (χ4n) is 1.32. The molecular formula is C10H4FIN2. The Morgan fingerprint density at radius 3 is 3.14 bits per heavy atom. The number of aromatic nitrogens is 1. The topological polar surface area (TPSA) is 28.7 Å². The molecular weight excluding hydrogens is 294 g/mol. The van der Waals surface area contributed by atoms with Crippen molar-refractivity contribution in [2.75, 3.05) is 0 Å². The number of allylic oxidation sites excluding steroid dienone is 1. The summed E-state index contributed by atoms with van der Waals surface area (Å²) in [5.41, 5.74) is 1.66. The Balaban J connectivity index is 2.69. The molecule has 14 heavy (non-hydrogen) atoms. The average Bonchev–Trinajstić information content (AvgIpc) is 2.37. The molecule has 1 aromatic heterocycles. The van der Waals surface area contributed by atoms with Gasteiger partial charge in [-0.1, -0.05) is 11.8 Å². The smallest absolute Gasteiger partial charge is 0.156 e. The van der Waals surface area contributed by atoms with Gasteiger partial charge in [-0.2, -0.15) is 5.26 Å². The van der Waals surface area contributed by atoms with Crippen LogP contribution in [0.15, 0.2) is 12.1 Å². The van der Waals surface area contributed by atoms with Crippen molar-refractivity contribution in [1.82, 2.24) is 2.78 Å². The molecule has 0 spiro atoms. The van der Waals surface area contributed by atoms with Gasteiger partial charge in [-0.25, -0.2) is 4.39 Å². The molecule has 1 aromatic rings. The Hall–Kier alpha value is -1.27. The van der Waals surface area contributed by atoms with E-state index in [0.29, 0.717) is 17.8 Å². The van der Waals surface area contributed by atoms with Crippen molar-refractivity contribution in [2.45, 2.75) is 6.42 Å². The second-order valence-corrected chi connectivity index (χ2v) is 3.75. The third kappa shape index (κ3) is 1.32. The molecule has 1 heterocycles. The number of hydrogen-bond donors (Lipinski definition) is 0. The summed E-state index contributed by atoms with van der Waals surface area (Å²) in [7, 11) is 0. The summed E-state index contributed by atoms with van der Waals surface area (Å²) in [4.78, 5) is 0. The minimum absolute atomic E-state index is 0.374. The Morgan fingerprint density at radius 2 is 2.43 bits per heavy atom. The van der Waals surface area contributed by atoms with Gasteiger partial charge in [-0.3, -0.25) is 2.78 Å².